The second-order valence-corrected chi connectivity index (χ2v) is 2.41. The van der Waals surface area contributed by atoms with Crippen molar-refractivity contribution in [3.8, 4) is 0 Å². The molecule has 3 nitrogen and oxygen atoms in total. The molecule has 0 spiro atoms. The lowest BCUT2D eigenvalue weighted by Gasteiger charge is -2.14. The molecule has 0 aliphatic carbocycles. The second-order valence-electron chi connectivity index (χ2n) is 2.41. The summed E-state index contributed by atoms with van der Waals surface area (Å²) in [6, 6.07) is 0. The Kier molecular flexibility index (Phi) is 2.68. The molecule has 1 saturated heterocycles. The highest BCUT2D eigenvalue weighted by Crippen LogP contribution is 2.02. The first kappa shape index (κ1) is 7.54. The zero-order valence-corrected chi connectivity index (χ0v) is 6.26. The van der Waals surface area contributed by atoms with Crippen LogP contribution in [0.1, 0.15) is 19.8 Å². The maximum Gasteiger partial charge on any atom is 0.233 e. The molecule has 1 N–H and O–H groups in total. The van der Waals surface area contributed by atoms with E-state index in [1.54, 1.807) is 0 Å². The molecule has 0 aromatic rings. The molecule has 1 amide bonds. The third-order valence-electron chi connectivity index (χ3n) is 1.56. The molecule has 10 heavy (non-hydrogen) atoms. The number of hydrazine groups is 1. The minimum atomic E-state index is 0.107. The number of hydrogen-bond acceptors (Lipinski definition) is 2. The molecule has 0 bridgehead atoms. The fraction of sp³-hybridized carbons (Fsp3) is 0.714. The van der Waals surface area contributed by atoms with Gasteiger partial charge >= 0.3 is 0 Å². The Morgan fingerprint density at radius 1 is 1.80 bits per heavy atom. The van der Waals surface area contributed by atoms with Gasteiger partial charge in [0.15, 0.2) is 0 Å². The Morgan fingerprint density at radius 2 is 2.60 bits per heavy atom. The van der Waals surface area contributed by atoms with Crippen molar-refractivity contribution in [1.82, 2.24) is 10.4 Å². The normalized spacial score (nSPS) is 19.3. The quantitative estimate of drug-likeness (QED) is 0.601. The van der Waals surface area contributed by atoms with Crippen LogP contribution in [0.25, 0.3) is 0 Å². The second kappa shape index (κ2) is 3.56. The van der Waals surface area contributed by atoms with E-state index < -0.39 is 0 Å². The molecule has 0 aromatic heterocycles. The van der Waals surface area contributed by atoms with Gasteiger partial charge in [-0.15, -0.1) is 0 Å². The van der Waals surface area contributed by atoms with Crippen LogP contribution in [0.4, 0.5) is 0 Å². The van der Waals surface area contributed by atoms with Crippen molar-refractivity contribution in [3.63, 3.8) is 0 Å². The molecule has 0 aromatic carbocycles. The van der Waals surface area contributed by atoms with E-state index in [1.807, 2.05) is 11.9 Å². The van der Waals surface area contributed by atoms with Crippen LogP contribution >= 0.6 is 0 Å². The third kappa shape index (κ3) is 1.99. The van der Waals surface area contributed by atoms with E-state index in [0.717, 1.165) is 19.5 Å². The first-order chi connectivity index (χ1) is 4.83. The molecule has 57 valence electrons. The van der Waals surface area contributed by atoms with Crippen LogP contribution in [-0.2, 0) is 4.79 Å². The van der Waals surface area contributed by atoms with Crippen LogP contribution in [0.5, 0.6) is 0 Å². The molecule has 1 aliphatic rings. The van der Waals surface area contributed by atoms with E-state index in [9.17, 15) is 4.79 Å². The summed E-state index contributed by atoms with van der Waals surface area (Å²) in [4.78, 5) is 10.8. The van der Waals surface area contributed by atoms with Crippen molar-refractivity contribution in [2.75, 3.05) is 13.1 Å². The standard InChI is InChI=1S/C7H13N2O/c1-2-7(10)8-9-5-3-4-6-9/h3H,2,4-6H2,1H3,(H,8,10). The van der Waals surface area contributed by atoms with Crippen LogP contribution in [0.3, 0.4) is 0 Å². The molecule has 1 aliphatic heterocycles. The first-order valence-corrected chi connectivity index (χ1v) is 3.69. The predicted molar refractivity (Wildman–Crippen MR) is 38.9 cm³/mol. The fourth-order valence-corrected chi connectivity index (χ4v) is 0.942. The number of hydrogen-bond donors (Lipinski definition) is 1. The number of nitrogens with one attached hydrogen (secondary N) is 1. The van der Waals surface area contributed by atoms with E-state index >= 15 is 0 Å². The van der Waals surface area contributed by atoms with Crippen molar-refractivity contribution in [2.24, 2.45) is 0 Å². The molecule has 0 atom stereocenters. The van der Waals surface area contributed by atoms with Crippen molar-refractivity contribution < 1.29 is 4.79 Å². The van der Waals surface area contributed by atoms with Crippen molar-refractivity contribution in [1.29, 1.82) is 0 Å². The van der Waals surface area contributed by atoms with Gasteiger partial charge in [-0.3, -0.25) is 10.2 Å². The molecule has 1 radical (unpaired) electrons. The van der Waals surface area contributed by atoms with E-state index in [0.29, 0.717) is 6.42 Å². The van der Waals surface area contributed by atoms with Gasteiger partial charge in [0.05, 0.1) is 0 Å². The van der Waals surface area contributed by atoms with Crippen LogP contribution in [0.15, 0.2) is 0 Å². The summed E-state index contributed by atoms with van der Waals surface area (Å²) in [5, 5.41) is 1.94. The van der Waals surface area contributed by atoms with E-state index in [2.05, 4.69) is 11.8 Å². The maximum absolute atomic E-state index is 10.8. The van der Waals surface area contributed by atoms with Gasteiger partial charge in [0, 0.05) is 19.5 Å². The molecule has 0 unspecified atom stereocenters. The fourth-order valence-electron chi connectivity index (χ4n) is 0.942. The van der Waals surface area contributed by atoms with Gasteiger partial charge in [0.1, 0.15) is 0 Å². The Balaban J connectivity index is 2.17. The summed E-state index contributed by atoms with van der Waals surface area (Å²) in [5.41, 5.74) is 2.79. The number of rotatable bonds is 2. The average molecular weight is 141 g/mol. The Morgan fingerprint density at radius 3 is 3.10 bits per heavy atom. The monoisotopic (exact) mass is 141 g/mol. The molecule has 1 fully saturated rings. The highest BCUT2D eigenvalue weighted by Gasteiger charge is 2.12. The Hall–Kier alpha value is -0.570. The maximum atomic E-state index is 10.8. The minimum absolute atomic E-state index is 0.107. The summed E-state index contributed by atoms with van der Waals surface area (Å²) in [5.74, 6) is 0.107. The van der Waals surface area contributed by atoms with Gasteiger partial charge in [-0.05, 0) is 12.8 Å². The zero-order chi connectivity index (χ0) is 7.40. The number of nitrogens with zero attached hydrogens (tertiary/aromatic N) is 1. The molecular weight excluding hydrogens is 128 g/mol. The molecule has 1 rings (SSSR count). The summed E-state index contributed by atoms with van der Waals surface area (Å²) in [6.45, 7) is 3.71. The Bertz CT molecular complexity index is 119. The number of carbonyl (C=O) groups excluding carboxylic acids is 1. The van der Waals surface area contributed by atoms with Gasteiger partial charge in [-0.1, -0.05) is 6.92 Å². The SMILES string of the molecule is CCC(=O)NN1C[CH]CC1. The minimum Gasteiger partial charge on any atom is -0.289 e. The number of carbonyl (C=O) groups is 1. The third-order valence-corrected chi connectivity index (χ3v) is 1.56. The number of amides is 1. The lowest BCUT2D eigenvalue weighted by molar-refractivity contribution is -0.125. The predicted octanol–water partition coefficient (Wildman–Crippen LogP) is 0.338. The molecule has 0 saturated carbocycles. The topological polar surface area (TPSA) is 32.3 Å². The van der Waals surface area contributed by atoms with Crippen molar-refractivity contribution in [3.05, 3.63) is 6.42 Å². The average Bonchev–Trinajstić information content (AvgIpc) is 2.40. The van der Waals surface area contributed by atoms with Crippen LogP contribution < -0.4 is 5.43 Å². The van der Waals surface area contributed by atoms with Crippen molar-refractivity contribution >= 4 is 5.91 Å². The molecular formula is C7H13N2O. The largest absolute Gasteiger partial charge is 0.289 e. The van der Waals surface area contributed by atoms with E-state index in [1.165, 1.54) is 0 Å². The first-order valence-electron chi connectivity index (χ1n) is 3.69. The van der Waals surface area contributed by atoms with Gasteiger partial charge in [0.25, 0.3) is 0 Å². The van der Waals surface area contributed by atoms with Gasteiger partial charge in [-0.25, -0.2) is 5.01 Å². The van der Waals surface area contributed by atoms with Crippen molar-refractivity contribution in [2.45, 2.75) is 19.8 Å². The van der Waals surface area contributed by atoms with Gasteiger partial charge in [-0.2, -0.15) is 0 Å². The lowest BCUT2D eigenvalue weighted by atomic mass is 10.4. The lowest BCUT2D eigenvalue weighted by Crippen LogP contribution is -2.39. The highest BCUT2D eigenvalue weighted by atomic mass is 16.2. The van der Waals surface area contributed by atoms with Crippen LogP contribution in [-0.4, -0.2) is 24.0 Å². The van der Waals surface area contributed by atoms with E-state index in [-0.39, 0.29) is 5.91 Å². The summed E-state index contributed by atoms with van der Waals surface area (Å²) in [6.07, 6.45) is 3.82. The van der Waals surface area contributed by atoms with Crippen LogP contribution in [0, 0.1) is 6.42 Å². The molecule has 1 heterocycles. The summed E-state index contributed by atoms with van der Waals surface area (Å²) >= 11 is 0. The van der Waals surface area contributed by atoms with Gasteiger partial charge < -0.3 is 0 Å². The Labute approximate surface area is 61.4 Å². The smallest absolute Gasteiger partial charge is 0.233 e. The summed E-state index contributed by atoms with van der Waals surface area (Å²) in [7, 11) is 0. The zero-order valence-electron chi connectivity index (χ0n) is 6.26. The van der Waals surface area contributed by atoms with E-state index in [4.69, 9.17) is 0 Å². The molecule has 3 heteroatoms. The van der Waals surface area contributed by atoms with Crippen LogP contribution in [0.2, 0.25) is 0 Å². The highest BCUT2D eigenvalue weighted by molar-refractivity contribution is 5.74. The summed E-state index contributed by atoms with van der Waals surface area (Å²) < 4.78 is 0. The van der Waals surface area contributed by atoms with Gasteiger partial charge in [0.2, 0.25) is 5.91 Å².